The normalized spacial score (nSPS) is 15.3. The van der Waals surface area contributed by atoms with Gasteiger partial charge < -0.3 is 20.1 Å². The molecule has 10 heteroatoms. The molecule has 2 N–H and O–H groups in total. The summed E-state index contributed by atoms with van der Waals surface area (Å²) in [6.07, 6.45) is 3.27. The van der Waals surface area contributed by atoms with Crippen LogP contribution in [0.15, 0.2) is 59.3 Å². The molecular formula is C22H19ClN6O2S. The maximum atomic E-state index is 6.43. The lowest BCUT2D eigenvalue weighted by atomic mass is 10.2. The minimum absolute atomic E-state index is 0.150. The fourth-order valence-corrected chi connectivity index (χ4v) is 3.96. The number of aliphatic imine (C=N–C) groups is 1. The number of anilines is 3. The standard InChI is InChI=1S/C22H19ClN6O2S/c1-13-10-31-22(27-13)29-14-2-4-18-16(8-14)21(26-12-25-18)28-15-3-5-19(17(23)9-15)30-11-20-24-6-7-32-20/h2-9,12-13H,10-11H2,1H3,(H,27,29)(H,25,26,28). The first-order valence-corrected chi connectivity index (χ1v) is 11.2. The molecule has 0 aliphatic carbocycles. The fraction of sp³-hybridized carbons (Fsp3) is 0.182. The maximum absolute atomic E-state index is 6.43. The highest BCUT2D eigenvalue weighted by molar-refractivity contribution is 7.09. The average Bonchev–Trinajstić information content (AvgIpc) is 3.45. The van der Waals surface area contributed by atoms with E-state index in [2.05, 4.69) is 30.6 Å². The molecule has 1 unspecified atom stereocenters. The number of amidine groups is 1. The predicted octanol–water partition coefficient (Wildman–Crippen LogP) is 5.25. The van der Waals surface area contributed by atoms with Crippen LogP contribution in [0.5, 0.6) is 5.75 Å². The van der Waals surface area contributed by atoms with E-state index >= 15 is 0 Å². The average molecular weight is 467 g/mol. The Hall–Kier alpha value is -3.43. The van der Waals surface area contributed by atoms with Crippen LogP contribution < -0.4 is 15.4 Å². The molecule has 0 bridgehead atoms. The second-order valence-electron chi connectivity index (χ2n) is 7.16. The van der Waals surface area contributed by atoms with Crippen molar-refractivity contribution in [1.29, 1.82) is 0 Å². The zero-order valence-electron chi connectivity index (χ0n) is 17.1. The molecule has 0 amide bonds. The quantitative estimate of drug-likeness (QED) is 0.401. The van der Waals surface area contributed by atoms with Crippen molar-refractivity contribution in [2.45, 2.75) is 19.6 Å². The summed E-state index contributed by atoms with van der Waals surface area (Å²) in [5.41, 5.74) is 2.43. The maximum Gasteiger partial charge on any atom is 0.289 e. The van der Waals surface area contributed by atoms with Crippen molar-refractivity contribution < 1.29 is 9.47 Å². The van der Waals surface area contributed by atoms with Gasteiger partial charge in [-0.15, -0.1) is 11.3 Å². The predicted molar refractivity (Wildman–Crippen MR) is 127 cm³/mol. The Morgan fingerprint density at radius 1 is 1.12 bits per heavy atom. The number of ether oxygens (including phenoxy) is 2. The summed E-state index contributed by atoms with van der Waals surface area (Å²) in [7, 11) is 0. The molecule has 1 aliphatic heterocycles. The highest BCUT2D eigenvalue weighted by Crippen LogP contribution is 2.31. The Balaban J connectivity index is 1.35. The molecule has 0 spiro atoms. The molecule has 2 aromatic heterocycles. The van der Waals surface area contributed by atoms with Gasteiger partial charge in [-0.25, -0.2) is 19.9 Å². The SMILES string of the molecule is CC1COC(Nc2ccc3ncnc(Nc4ccc(OCc5nccs5)c(Cl)c4)c3c2)=N1. The Morgan fingerprint density at radius 2 is 2.00 bits per heavy atom. The molecule has 5 rings (SSSR count). The lowest BCUT2D eigenvalue weighted by Crippen LogP contribution is -2.11. The van der Waals surface area contributed by atoms with Crippen molar-refractivity contribution >= 4 is 57.1 Å². The first-order valence-electron chi connectivity index (χ1n) is 9.94. The number of rotatable bonds is 6. The van der Waals surface area contributed by atoms with Gasteiger partial charge in [-0.1, -0.05) is 11.6 Å². The van der Waals surface area contributed by atoms with Gasteiger partial charge >= 0.3 is 0 Å². The number of aromatic nitrogens is 3. The molecule has 0 saturated carbocycles. The van der Waals surface area contributed by atoms with E-state index in [9.17, 15) is 0 Å². The highest BCUT2D eigenvalue weighted by atomic mass is 35.5. The molecule has 32 heavy (non-hydrogen) atoms. The van der Waals surface area contributed by atoms with Crippen LogP contribution in [-0.2, 0) is 11.3 Å². The van der Waals surface area contributed by atoms with Gasteiger partial charge in [0.15, 0.2) is 0 Å². The Bertz CT molecular complexity index is 1280. The molecule has 162 valence electrons. The van der Waals surface area contributed by atoms with Crippen LogP contribution in [0.1, 0.15) is 11.9 Å². The fourth-order valence-electron chi connectivity index (χ4n) is 3.20. The Kier molecular flexibility index (Phi) is 5.74. The second-order valence-corrected chi connectivity index (χ2v) is 8.54. The molecule has 1 atom stereocenters. The summed E-state index contributed by atoms with van der Waals surface area (Å²) >= 11 is 7.97. The van der Waals surface area contributed by atoms with E-state index in [-0.39, 0.29) is 6.04 Å². The number of nitrogens with zero attached hydrogens (tertiary/aromatic N) is 4. The van der Waals surface area contributed by atoms with E-state index in [1.807, 2.05) is 42.6 Å². The number of hydrogen-bond acceptors (Lipinski definition) is 9. The van der Waals surface area contributed by atoms with Gasteiger partial charge in [-0.2, -0.15) is 0 Å². The van der Waals surface area contributed by atoms with Crippen molar-refractivity contribution in [1.82, 2.24) is 15.0 Å². The van der Waals surface area contributed by atoms with Crippen molar-refractivity contribution in [3.63, 3.8) is 0 Å². The van der Waals surface area contributed by atoms with E-state index in [0.717, 1.165) is 27.3 Å². The highest BCUT2D eigenvalue weighted by Gasteiger charge is 2.15. The number of fused-ring (bicyclic) bond motifs is 1. The summed E-state index contributed by atoms with van der Waals surface area (Å²) < 4.78 is 11.3. The Labute approximate surface area is 193 Å². The number of nitrogens with one attached hydrogen (secondary N) is 2. The van der Waals surface area contributed by atoms with Crippen molar-refractivity contribution in [3.05, 3.63) is 64.3 Å². The summed E-state index contributed by atoms with van der Waals surface area (Å²) in [5.74, 6) is 1.26. The Morgan fingerprint density at radius 3 is 2.78 bits per heavy atom. The van der Waals surface area contributed by atoms with E-state index < -0.39 is 0 Å². The molecular weight excluding hydrogens is 448 g/mol. The van der Waals surface area contributed by atoms with Crippen molar-refractivity contribution in [3.8, 4) is 5.75 Å². The van der Waals surface area contributed by atoms with E-state index in [4.69, 9.17) is 21.1 Å². The number of hydrogen-bond donors (Lipinski definition) is 2. The molecule has 8 nitrogen and oxygen atoms in total. The smallest absolute Gasteiger partial charge is 0.289 e. The van der Waals surface area contributed by atoms with E-state index in [1.54, 1.807) is 12.3 Å². The summed E-state index contributed by atoms with van der Waals surface area (Å²) in [5, 5.41) is 10.7. The minimum atomic E-state index is 0.150. The van der Waals surface area contributed by atoms with E-state index in [0.29, 0.717) is 35.8 Å². The minimum Gasteiger partial charge on any atom is -0.485 e. The third-order valence-corrected chi connectivity index (χ3v) is 5.76. The van der Waals surface area contributed by atoms with Crippen LogP contribution in [0.3, 0.4) is 0 Å². The second kappa shape index (κ2) is 8.97. The van der Waals surface area contributed by atoms with Crippen LogP contribution in [0.2, 0.25) is 5.02 Å². The zero-order valence-corrected chi connectivity index (χ0v) is 18.7. The lowest BCUT2D eigenvalue weighted by molar-refractivity contribution is 0.306. The van der Waals surface area contributed by atoms with Gasteiger partial charge in [-0.3, -0.25) is 0 Å². The van der Waals surface area contributed by atoms with Crippen LogP contribution in [0.4, 0.5) is 17.2 Å². The molecule has 3 heterocycles. The van der Waals surface area contributed by atoms with Crippen molar-refractivity contribution in [2.75, 3.05) is 17.2 Å². The third-order valence-electron chi connectivity index (χ3n) is 4.71. The van der Waals surface area contributed by atoms with Gasteiger partial charge in [0.2, 0.25) is 0 Å². The van der Waals surface area contributed by atoms with Crippen molar-refractivity contribution in [2.24, 2.45) is 4.99 Å². The first kappa shape index (κ1) is 20.5. The van der Waals surface area contributed by atoms with Crippen LogP contribution in [0, 0.1) is 0 Å². The van der Waals surface area contributed by atoms with Crippen LogP contribution >= 0.6 is 22.9 Å². The summed E-state index contributed by atoms with van der Waals surface area (Å²) in [6.45, 7) is 2.96. The van der Waals surface area contributed by atoms with Gasteiger partial charge in [0.1, 0.15) is 36.1 Å². The molecule has 0 fully saturated rings. The zero-order chi connectivity index (χ0) is 21.9. The van der Waals surface area contributed by atoms with Crippen LogP contribution in [-0.4, -0.2) is 33.6 Å². The monoisotopic (exact) mass is 466 g/mol. The lowest BCUT2D eigenvalue weighted by Gasteiger charge is -2.12. The summed E-state index contributed by atoms with van der Waals surface area (Å²) in [6, 6.07) is 12.0. The molecule has 0 saturated heterocycles. The molecule has 4 aromatic rings. The van der Waals surface area contributed by atoms with E-state index in [1.165, 1.54) is 17.7 Å². The van der Waals surface area contributed by atoms with Gasteiger partial charge in [0.05, 0.1) is 16.6 Å². The number of benzene rings is 2. The van der Waals surface area contributed by atoms with Gasteiger partial charge in [0, 0.05) is 28.3 Å². The topological polar surface area (TPSA) is 93.5 Å². The third kappa shape index (κ3) is 4.58. The summed E-state index contributed by atoms with van der Waals surface area (Å²) in [4.78, 5) is 17.4. The first-order chi connectivity index (χ1) is 15.6. The van der Waals surface area contributed by atoms with Crippen LogP contribution in [0.25, 0.3) is 10.9 Å². The van der Waals surface area contributed by atoms with Gasteiger partial charge in [0.25, 0.3) is 6.02 Å². The molecule has 1 aliphatic rings. The molecule has 0 radical (unpaired) electrons. The molecule has 2 aromatic carbocycles. The largest absolute Gasteiger partial charge is 0.485 e. The number of thiazole rings is 1. The van der Waals surface area contributed by atoms with Gasteiger partial charge in [-0.05, 0) is 43.3 Å². The number of halogens is 1.